The Hall–Kier alpha value is -3.09. The minimum absolute atomic E-state index is 0.157. The van der Waals surface area contributed by atoms with Gasteiger partial charge in [-0.1, -0.05) is 0 Å². The van der Waals surface area contributed by atoms with E-state index in [4.69, 9.17) is 8.83 Å². The Morgan fingerprint density at radius 2 is 2.14 bits per heavy atom. The van der Waals surface area contributed by atoms with Crippen LogP contribution in [0.3, 0.4) is 0 Å². The van der Waals surface area contributed by atoms with Gasteiger partial charge in [-0.15, -0.1) is 0 Å². The summed E-state index contributed by atoms with van der Waals surface area (Å²) >= 11 is 0. The van der Waals surface area contributed by atoms with Crippen molar-refractivity contribution in [3.8, 4) is 0 Å². The van der Waals surface area contributed by atoms with Gasteiger partial charge in [-0.2, -0.15) is 0 Å². The van der Waals surface area contributed by atoms with Crippen LogP contribution in [0.15, 0.2) is 45.4 Å². The molecule has 2 aromatic heterocycles. The van der Waals surface area contributed by atoms with Gasteiger partial charge in [0.25, 0.3) is 5.91 Å². The second kappa shape index (κ2) is 5.72. The summed E-state index contributed by atoms with van der Waals surface area (Å²) < 4.78 is 10.3. The Bertz CT molecular complexity index is 821. The molecule has 2 amide bonds. The van der Waals surface area contributed by atoms with Crippen molar-refractivity contribution in [1.82, 2.24) is 10.3 Å². The van der Waals surface area contributed by atoms with Crippen molar-refractivity contribution < 1.29 is 18.4 Å². The molecule has 3 aromatic rings. The smallest absolute Gasteiger partial charge is 0.287 e. The SMILES string of the molecule is Cc1nc2cc(NC(=O)CNC(=O)c3ccco3)ccc2o1. The van der Waals surface area contributed by atoms with Gasteiger partial charge < -0.3 is 19.5 Å². The van der Waals surface area contributed by atoms with E-state index in [0.717, 1.165) is 0 Å². The summed E-state index contributed by atoms with van der Waals surface area (Å²) in [5.74, 6) is -0.0707. The summed E-state index contributed by atoms with van der Waals surface area (Å²) in [6.07, 6.45) is 1.39. The van der Waals surface area contributed by atoms with E-state index in [-0.39, 0.29) is 18.2 Å². The van der Waals surface area contributed by atoms with Crippen molar-refractivity contribution in [3.05, 3.63) is 48.2 Å². The largest absolute Gasteiger partial charge is 0.459 e. The van der Waals surface area contributed by atoms with E-state index in [9.17, 15) is 9.59 Å². The molecule has 0 saturated carbocycles. The van der Waals surface area contributed by atoms with Gasteiger partial charge >= 0.3 is 0 Å². The molecule has 0 saturated heterocycles. The first-order valence-electron chi connectivity index (χ1n) is 6.60. The van der Waals surface area contributed by atoms with E-state index in [0.29, 0.717) is 22.7 Å². The topological polar surface area (TPSA) is 97.4 Å². The lowest BCUT2D eigenvalue weighted by Crippen LogP contribution is -2.32. The third-order valence-electron chi connectivity index (χ3n) is 2.93. The van der Waals surface area contributed by atoms with Crippen molar-refractivity contribution in [3.63, 3.8) is 0 Å². The lowest BCUT2D eigenvalue weighted by Gasteiger charge is -2.05. The van der Waals surface area contributed by atoms with E-state index in [2.05, 4.69) is 15.6 Å². The fourth-order valence-electron chi connectivity index (χ4n) is 1.98. The second-order valence-electron chi connectivity index (χ2n) is 4.62. The zero-order valence-electron chi connectivity index (χ0n) is 11.8. The van der Waals surface area contributed by atoms with Crippen LogP contribution in [0.4, 0.5) is 5.69 Å². The first kappa shape index (κ1) is 13.9. The number of hydrogen-bond donors (Lipinski definition) is 2. The maximum Gasteiger partial charge on any atom is 0.287 e. The van der Waals surface area contributed by atoms with Crippen molar-refractivity contribution in [1.29, 1.82) is 0 Å². The van der Waals surface area contributed by atoms with Crippen LogP contribution in [0.5, 0.6) is 0 Å². The van der Waals surface area contributed by atoms with Gasteiger partial charge in [-0.25, -0.2) is 4.98 Å². The minimum Gasteiger partial charge on any atom is -0.459 e. The van der Waals surface area contributed by atoms with Gasteiger partial charge in [-0.05, 0) is 30.3 Å². The van der Waals surface area contributed by atoms with Crippen LogP contribution < -0.4 is 10.6 Å². The molecule has 112 valence electrons. The minimum atomic E-state index is -0.442. The summed E-state index contributed by atoms with van der Waals surface area (Å²) in [5.41, 5.74) is 1.90. The van der Waals surface area contributed by atoms with E-state index >= 15 is 0 Å². The number of aromatic nitrogens is 1. The Morgan fingerprint density at radius 3 is 2.91 bits per heavy atom. The van der Waals surface area contributed by atoms with Gasteiger partial charge in [0.2, 0.25) is 5.91 Å². The lowest BCUT2D eigenvalue weighted by molar-refractivity contribution is -0.115. The van der Waals surface area contributed by atoms with Crippen LogP contribution in [0.1, 0.15) is 16.4 Å². The molecule has 0 aliphatic carbocycles. The molecule has 0 atom stereocenters. The predicted molar refractivity (Wildman–Crippen MR) is 78.4 cm³/mol. The van der Waals surface area contributed by atoms with E-state index in [1.807, 2.05) is 0 Å². The molecule has 2 heterocycles. The molecular formula is C15H13N3O4. The standard InChI is InChI=1S/C15H13N3O4/c1-9-17-11-7-10(4-5-12(11)22-9)18-14(19)8-16-15(20)13-3-2-6-21-13/h2-7H,8H2,1H3,(H,16,20)(H,18,19). The molecule has 0 aliphatic rings. The van der Waals surface area contributed by atoms with Gasteiger partial charge in [0.1, 0.15) is 5.52 Å². The number of furan rings is 1. The molecule has 1 aromatic carbocycles. The molecule has 0 aliphatic heterocycles. The Labute approximate surface area is 125 Å². The molecule has 22 heavy (non-hydrogen) atoms. The number of hydrogen-bond acceptors (Lipinski definition) is 5. The normalized spacial score (nSPS) is 10.6. The highest BCUT2D eigenvalue weighted by molar-refractivity contribution is 5.98. The van der Waals surface area contributed by atoms with Crippen molar-refractivity contribution in [2.24, 2.45) is 0 Å². The van der Waals surface area contributed by atoms with Gasteiger partial charge in [0.15, 0.2) is 17.2 Å². The molecule has 7 nitrogen and oxygen atoms in total. The summed E-state index contributed by atoms with van der Waals surface area (Å²) in [4.78, 5) is 27.6. The quantitative estimate of drug-likeness (QED) is 0.769. The van der Waals surface area contributed by atoms with Crippen LogP contribution in [-0.2, 0) is 4.79 Å². The molecule has 0 bridgehead atoms. The zero-order valence-corrected chi connectivity index (χ0v) is 11.8. The van der Waals surface area contributed by atoms with Crippen LogP contribution in [0.2, 0.25) is 0 Å². The molecule has 0 unspecified atom stereocenters. The average molecular weight is 299 g/mol. The number of carbonyl (C=O) groups is 2. The molecule has 3 rings (SSSR count). The number of anilines is 1. The fourth-order valence-corrected chi connectivity index (χ4v) is 1.98. The Kier molecular flexibility index (Phi) is 3.61. The van der Waals surface area contributed by atoms with Crippen molar-refractivity contribution >= 4 is 28.6 Å². The Balaban J connectivity index is 1.59. The summed E-state index contributed by atoms with van der Waals surface area (Å²) in [7, 11) is 0. The molecule has 0 fully saturated rings. The van der Waals surface area contributed by atoms with Gasteiger partial charge in [-0.3, -0.25) is 9.59 Å². The van der Waals surface area contributed by atoms with Crippen molar-refractivity contribution in [2.45, 2.75) is 6.92 Å². The second-order valence-corrected chi connectivity index (χ2v) is 4.62. The summed E-state index contributed by atoms with van der Waals surface area (Å²) in [5, 5.41) is 5.15. The molecular weight excluding hydrogens is 286 g/mol. The Morgan fingerprint density at radius 1 is 1.27 bits per heavy atom. The zero-order chi connectivity index (χ0) is 15.5. The highest BCUT2D eigenvalue weighted by Crippen LogP contribution is 2.19. The number of oxazole rings is 1. The first-order chi connectivity index (χ1) is 10.6. The van der Waals surface area contributed by atoms with Crippen LogP contribution in [0, 0.1) is 6.92 Å². The molecule has 0 radical (unpaired) electrons. The van der Waals surface area contributed by atoms with Crippen LogP contribution in [-0.4, -0.2) is 23.3 Å². The van der Waals surface area contributed by atoms with E-state index in [1.54, 1.807) is 31.2 Å². The number of aryl methyl sites for hydroxylation is 1. The number of nitrogens with one attached hydrogen (secondary N) is 2. The van der Waals surface area contributed by atoms with Gasteiger partial charge in [0, 0.05) is 12.6 Å². The highest BCUT2D eigenvalue weighted by Gasteiger charge is 2.11. The summed E-state index contributed by atoms with van der Waals surface area (Å²) in [6.45, 7) is 1.60. The number of rotatable bonds is 4. The third kappa shape index (κ3) is 2.98. The molecule has 2 N–H and O–H groups in total. The van der Waals surface area contributed by atoms with E-state index in [1.165, 1.54) is 12.3 Å². The molecule has 7 heteroatoms. The lowest BCUT2D eigenvalue weighted by atomic mass is 10.3. The maximum absolute atomic E-state index is 11.8. The van der Waals surface area contributed by atoms with Crippen LogP contribution >= 0.6 is 0 Å². The number of amides is 2. The molecule has 0 spiro atoms. The monoisotopic (exact) mass is 299 g/mol. The predicted octanol–water partition coefficient (Wildman–Crippen LogP) is 2.10. The number of nitrogens with zero attached hydrogens (tertiary/aromatic N) is 1. The van der Waals surface area contributed by atoms with Gasteiger partial charge in [0.05, 0.1) is 12.8 Å². The first-order valence-corrected chi connectivity index (χ1v) is 6.60. The summed E-state index contributed by atoms with van der Waals surface area (Å²) in [6, 6.07) is 8.27. The fraction of sp³-hybridized carbons (Fsp3) is 0.133. The number of benzene rings is 1. The van der Waals surface area contributed by atoms with Crippen molar-refractivity contribution in [2.75, 3.05) is 11.9 Å². The maximum atomic E-state index is 11.8. The highest BCUT2D eigenvalue weighted by atomic mass is 16.3. The van der Waals surface area contributed by atoms with Crippen LogP contribution in [0.25, 0.3) is 11.1 Å². The van der Waals surface area contributed by atoms with E-state index < -0.39 is 5.91 Å². The number of carbonyl (C=O) groups excluding carboxylic acids is 2. The number of fused-ring (bicyclic) bond motifs is 1. The third-order valence-corrected chi connectivity index (χ3v) is 2.93. The average Bonchev–Trinajstić information content (AvgIpc) is 3.12.